The Bertz CT molecular complexity index is 888. The number of amides is 1. The summed E-state index contributed by atoms with van der Waals surface area (Å²) in [6.45, 7) is 12.9. The van der Waals surface area contributed by atoms with Crippen molar-refractivity contribution >= 4 is 17.2 Å². The van der Waals surface area contributed by atoms with Crippen LogP contribution in [0.1, 0.15) is 82.4 Å². The van der Waals surface area contributed by atoms with Gasteiger partial charge in [-0.2, -0.15) is 0 Å². The molecule has 0 bridgehead atoms. The first-order valence-electron chi connectivity index (χ1n) is 10.5. The van der Waals surface area contributed by atoms with Gasteiger partial charge < -0.3 is 4.90 Å². The number of rotatable bonds is 2. The third-order valence-electron chi connectivity index (χ3n) is 6.96. The fourth-order valence-electron chi connectivity index (χ4n) is 4.80. The zero-order chi connectivity index (χ0) is 20.1. The lowest BCUT2D eigenvalue weighted by atomic mass is 9.63. The van der Waals surface area contributed by atoms with Crippen LogP contribution in [0.25, 0.3) is 11.3 Å². The largest absolute Gasteiger partial charge is 0.343 e. The van der Waals surface area contributed by atoms with E-state index in [9.17, 15) is 4.79 Å². The lowest BCUT2D eigenvalue weighted by Gasteiger charge is -2.42. The second-order valence-electron chi connectivity index (χ2n) is 9.88. The van der Waals surface area contributed by atoms with Crippen molar-refractivity contribution in [2.75, 3.05) is 13.1 Å². The van der Waals surface area contributed by atoms with Gasteiger partial charge >= 0.3 is 0 Å². The Kier molecular flexibility index (Phi) is 4.89. The van der Waals surface area contributed by atoms with E-state index >= 15 is 0 Å². The van der Waals surface area contributed by atoms with Gasteiger partial charge in [-0.15, -0.1) is 11.3 Å². The van der Waals surface area contributed by atoms with Gasteiger partial charge in [0.05, 0.1) is 10.7 Å². The van der Waals surface area contributed by atoms with Gasteiger partial charge in [0, 0.05) is 36.9 Å². The van der Waals surface area contributed by atoms with Gasteiger partial charge in [-0.1, -0.05) is 39.8 Å². The third-order valence-corrected chi connectivity index (χ3v) is 7.97. The number of likely N-dealkylation sites (tertiary alicyclic amines) is 1. The number of hydrogen-bond donors (Lipinski definition) is 0. The molecule has 150 valence electrons. The molecule has 2 heterocycles. The molecule has 2 aliphatic rings. The first-order chi connectivity index (χ1) is 13.2. The zero-order valence-electron chi connectivity index (χ0n) is 17.8. The molecule has 1 aliphatic heterocycles. The Balaban J connectivity index is 1.59. The molecular formula is C24H32N2OS. The molecule has 1 fully saturated rings. The van der Waals surface area contributed by atoms with E-state index in [2.05, 4.69) is 51.3 Å². The zero-order valence-corrected chi connectivity index (χ0v) is 18.7. The van der Waals surface area contributed by atoms with E-state index < -0.39 is 0 Å². The molecule has 0 spiro atoms. The van der Waals surface area contributed by atoms with Crippen molar-refractivity contribution in [1.29, 1.82) is 0 Å². The summed E-state index contributed by atoms with van der Waals surface area (Å²) in [5.41, 5.74) is 5.81. The molecule has 28 heavy (non-hydrogen) atoms. The molecule has 3 nitrogen and oxygen atoms in total. The summed E-state index contributed by atoms with van der Waals surface area (Å²) in [5, 5.41) is 3.45. The SMILES string of the molecule is CC(=O)N1CCC(c2nc(-c3ccc4c(c3)C(C)(C)CCC4(C)C)cs2)CC1. The predicted molar refractivity (Wildman–Crippen MR) is 117 cm³/mol. The fraction of sp³-hybridized carbons (Fsp3) is 0.583. The Morgan fingerprint density at radius 1 is 1.07 bits per heavy atom. The van der Waals surface area contributed by atoms with E-state index in [1.165, 1.54) is 34.5 Å². The molecule has 1 aromatic heterocycles. The van der Waals surface area contributed by atoms with Crippen molar-refractivity contribution in [3.05, 3.63) is 39.7 Å². The minimum Gasteiger partial charge on any atom is -0.343 e. The van der Waals surface area contributed by atoms with Gasteiger partial charge in [0.25, 0.3) is 0 Å². The smallest absolute Gasteiger partial charge is 0.219 e. The highest BCUT2D eigenvalue weighted by molar-refractivity contribution is 7.10. The summed E-state index contributed by atoms with van der Waals surface area (Å²) in [6.07, 6.45) is 4.52. The van der Waals surface area contributed by atoms with Gasteiger partial charge in [-0.25, -0.2) is 4.98 Å². The van der Waals surface area contributed by atoms with Gasteiger partial charge in [0.1, 0.15) is 0 Å². The van der Waals surface area contributed by atoms with Gasteiger partial charge in [0.2, 0.25) is 5.91 Å². The van der Waals surface area contributed by atoms with E-state index in [0.29, 0.717) is 5.92 Å². The molecule has 0 atom stereocenters. The molecule has 1 amide bonds. The average molecular weight is 397 g/mol. The van der Waals surface area contributed by atoms with E-state index in [4.69, 9.17) is 4.98 Å². The molecule has 1 saturated heterocycles. The molecule has 0 saturated carbocycles. The minimum absolute atomic E-state index is 0.192. The van der Waals surface area contributed by atoms with E-state index in [0.717, 1.165) is 31.6 Å². The van der Waals surface area contributed by atoms with E-state index in [1.54, 1.807) is 18.3 Å². The number of hydrogen-bond acceptors (Lipinski definition) is 3. The molecule has 2 aromatic rings. The molecule has 0 unspecified atom stereocenters. The average Bonchev–Trinajstić information content (AvgIpc) is 3.15. The van der Waals surface area contributed by atoms with Crippen LogP contribution in [0, 0.1) is 0 Å². The standard InChI is InChI=1S/C24H32N2OS/c1-16(27)26-12-8-17(9-13-26)22-25-21(15-28-22)18-6-7-19-20(14-18)24(4,5)11-10-23(19,2)3/h6-7,14-15,17H,8-13H2,1-5H3. The van der Waals surface area contributed by atoms with Gasteiger partial charge in [-0.05, 0) is 53.7 Å². The predicted octanol–water partition coefficient (Wildman–Crippen LogP) is 5.89. The molecule has 4 heteroatoms. The summed E-state index contributed by atoms with van der Waals surface area (Å²) >= 11 is 1.78. The van der Waals surface area contributed by atoms with Crippen LogP contribution in [-0.2, 0) is 15.6 Å². The number of thiazole rings is 1. The number of carbonyl (C=O) groups is 1. The number of benzene rings is 1. The Hall–Kier alpha value is -1.68. The molecule has 0 radical (unpaired) electrons. The summed E-state index contributed by atoms with van der Waals surface area (Å²) in [7, 11) is 0. The van der Waals surface area contributed by atoms with Crippen LogP contribution in [0.5, 0.6) is 0 Å². The quantitative estimate of drug-likeness (QED) is 0.634. The van der Waals surface area contributed by atoms with Gasteiger partial charge in [0.15, 0.2) is 0 Å². The summed E-state index contributed by atoms with van der Waals surface area (Å²) in [6, 6.07) is 7.00. The molecule has 1 aliphatic carbocycles. The number of aromatic nitrogens is 1. The van der Waals surface area contributed by atoms with Crippen molar-refractivity contribution in [3.8, 4) is 11.3 Å². The van der Waals surface area contributed by atoms with Crippen molar-refractivity contribution in [1.82, 2.24) is 9.88 Å². The number of fused-ring (bicyclic) bond motifs is 1. The van der Waals surface area contributed by atoms with Crippen LogP contribution in [0.15, 0.2) is 23.6 Å². The topological polar surface area (TPSA) is 33.2 Å². The number of nitrogens with zero attached hydrogens (tertiary/aromatic N) is 2. The highest BCUT2D eigenvalue weighted by Crippen LogP contribution is 2.47. The van der Waals surface area contributed by atoms with Crippen molar-refractivity contribution in [2.45, 2.75) is 77.0 Å². The van der Waals surface area contributed by atoms with Crippen LogP contribution in [0.3, 0.4) is 0 Å². The monoisotopic (exact) mass is 396 g/mol. The Labute approximate surface area is 173 Å². The highest BCUT2D eigenvalue weighted by Gasteiger charge is 2.37. The maximum Gasteiger partial charge on any atom is 0.219 e. The lowest BCUT2D eigenvalue weighted by molar-refractivity contribution is -0.129. The van der Waals surface area contributed by atoms with E-state index in [-0.39, 0.29) is 16.7 Å². The first-order valence-corrected chi connectivity index (χ1v) is 11.4. The van der Waals surface area contributed by atoms with Crippen LogP contribution >= 0.6 is 11.3 Å². The van der Waals surface area contributed by atoms with Crippen molar-refractivity contribution in [3.63, 3.8) is 0 Å². The second kappa shape index (κ2) is 6.98. The fourth-order valence-corrected chi connectivity index (χ4v) is 5.80. The molecule has 4 rings (SSSR count). The maximum absolute atomic E-state index is 11.6. The van der Waals surface area contributed by atoms with E-state index in [1.807, 2.05) is 4.90 Å². The second-order valence-corrected chi connectivity index (χ2v) is 10.8. The molecular weight excluding hydrogens is 364 g/mol. The van der Waals surface area contributed by atoms with Gasteiger partial charge in [-0.3, -0.25) is 4.79 Å². The Morgan fingerprint density at radius 3 is 2.36 bits per heavy atom. The number of piperidine rings is 1. The normalized spacial score (nSPS) is 21.4. The Morgan fingerprint density at radius 2 is 1.71 bits per heavy atom. The van der Waals surface area contributed by atoms with Crippen LogP contribution in [0.2, 0.25) is 0 Å². The molecule has 0 N–H and O–H groups in total. The summed E-state index contributed by atoms with van der Waals surface area (Å²) in [4.78, 5) is 18.5. The molecule has 1 aromatic carbocycles. The minimum atomic E-state index is 0.192. The highest BCUT2D eigenvalue weighted by atomic mass is 32.1. The summed E-state index contributed by atoms with van der Waals surface area (Å²) < 4.78 is 0. The first kappa shape index (κ1) is 19.6. The maximum atomic E-state index is 11.6. The van der Waals surface area contributed by atoms with Crippen molar-refractivity contribution < 1.29 is 4.79 Å². The third kappa shape index (κ3) is 3.52. The van der Waals surface area contributed by atoms with Crippen LogP contribution < -0.4 is 0 Å². The van der Waals surface area contributed by atoms with Crippen molar-refractivity contribution in [2.24, 2.45) is 0 Å². The number of carbonyl (C=O) groups excluding carboxylic acids is 1. The lowest BCUT2D eigenvalue weighted by Crippen LogP contribution is -2.36. The van der Waals surface area contributed by atoms with Crippen LogP contribution in [0.4, 0.5) is 0 Å². The summed E-state index contributed by atoms with van der Waals surface area (Å²) in [5.74, 6) is 0.681. The van der Waals surface area contributed by atoms with Crippen LogP contribution in [-0.4, -0.2) is 28.9 Å².